The normalized spacial score (nSPS) is 24.9. The molecule has 0 spiro atoms. The SMILES string of the molecule is CN(C(=O)c1ccc(Br)cc1)C1CCC(=O)CC1N1CC=CC1. The Balaban J connectivity index is 1.77. The molecule has 122 valence electrons. The van der Waals surface area contributed by atoms with Crippen molar-refractivity contribution in [2.75, 3.05) is 20.1 Å². The fourth-order valence-corrected chi connectivity index (χ4v) is 3.77. The minimum absolute atomic E-state index is 0.0222. The lowest BCUT2D eigenvalue weighted by Gasteiger charge is -2.42. The Kier molecular flexibility index (Phi) is 4.97. The third-order valence-corrected chi connectivity index (χ3v) is 5.35. The summed E-state index contributed by atoms with van der Waals surface area (Å²) in [6, 6.07) is 7.65. The number of carbonyl (C=O) groups is 2. The molecule has 1 fully saturated rings. The van der Waals surface area contributed by atoms with Crippen molar-refractivity contribution >= 4 is 27.6 Å². The molecule has 4 nitrogen and oxygen atoms in total. The highest BCUT2D eigenvalue weighted by Crippen LogP contribution is 2.27. The van der Waals surface area contributed by atoms with Crippen LogP contribution in [0.4, 0.5) is 0 Å². The van der Waals surface area contributed by atoms with E-state index in [1.54, 1.807) is 0 Å². The predicted molar refractivity (Wildman–Crippen MR) is 93.4 cm³/mol. The Bertz CT molecular complexity index is 618. The van der Waals surface area contributed by atoms with Crippen molar-refractivity contribution in [3.05, 3.63) is 46.5 Å². The standard InChI is InChI=1S/C18H21BrN2O2/c1-20(18(23)13-4-6-14(19)7-5-13)16-9-8-15(22)12-17(16)21-10-2-3-11-21/h2-7,16-17H,8-12H2,1H3. The first-order valence-electron chi connectivity index (χ1n) is 8.00. The van der Waals surface area contributed by atoms with Crippen molar-refractivity contribution in [3.63, 3.8) is 0 Å². The average Bonchev–Trinajstić information content (AvgIpc) is 3.08. The minimum Gasteiger partial charge on any atom is -0.337 e. The van der Waals surface area contributed by atoms with E-state index in [4.69, 9.17) is 0 Å². The van der Waals surface area contributed by atoms with Crippen LogP contribution >= 0.6 is 15.9 Å². The van der Waals surface area contributed by atoms with Gasteiger partial charge < -0.3 is 4.90 Å². The molecule has 0 N–H and O–H groups in total. The summed E-state index contributed by atoms with van der Waals surface area (Å²) in [4.78, 5) is 28.8. The van der Waals surface area contributed by atoms with E-state index in [0.29, 0.717) is 24.2 Å². The second kappa shape index (κ2) is 6.97. The number of carbonyl (C=O) groups excluding carboxylic acids is 2. The lowest BCUT2D eigenvalue weighted by molar-refractivity contribution is -0.123. The van der Waals surface area contributed by atoms with Crippen LogP contribution in [0.25, 0.3) is 0 Å². The monoisotopic (exact) mass is 376 g/mol. The Morgan fingerprint density at radius 1 is 1.22 bits per heavy atom. The number of amides is 1. The smallest absolute Gasteiger partial charge is 0.253 e. The molecule has 2 atom stereocenters. The lowest BCUT2D eigenvalue weighted by Crippen LogP contribution is -2.54. The first kappa shape index (κ1) is 16.4. The molecular formula is C18H21BrN2O2. The number of likely N-dealkylation sites (N-methyl/N-ethyl adjacent to an activating group) is 1. The Morgan fingerprint density at radius 3 is 2.52 bits per heavy atom. The van der Waals surface area contributed by atoms with Crippen molar-refractivity contribution in [2.24, 2.45) is 0 Å². The van der Waals surface area contributed by atoms with E-state index in [1.807, 2.05) is 36.2 Å². The van der Waals surface area contributed by atoms with E-state index < -0.39 is 0 Å². The number of benzene rings is 1. The Labute approximate surface area is 145 Å². The molecule has 1 aromatic carbocycles. The van der Waals surface area contributed by atoms with Gasteiger partial charge in [-0.15, -0.1) is 0 Å². The molecule has 2 aliphatic rings. The third-order valence-electron chi connectivity index (χ3n) is 4.82. The zero-order valence-electron chi connectivity index (χ0n) is 13.2. The van der Waals surface area contributed by atoms with Gasteiger partial charge in [-0.05, 0) is 30.7 Å². The van der Waals surface area contributed by atoms with Gasteiger partial charge in [0, 0.05) is 55.1 Å². The second-order valence-electron chi connectivity index (χ2n) is 6.26. The van der Waals surface area contributed by atoms with Crippen LogP contribution in [0.1, 0.15) is 29.6 Å². The molecule has 1 heterocycles. The van der Waals surface area contributed by atoms with Crippen LogP contribution in [0.2, 0.25) is 0 Å². The topological polar surface area (TPSA) is 40.6 Å². The second-order valence-corrected chi connectivity index (χ2v) is 7.18. The van der Waals surface area contributed by atoms with Gasteiger partial charge in [0.1, 0.15) is 5.78 Å². The van der Waals surface area contributed by atoms with Crippen molar-refractivity contribution in [1.29, 1.82) is 0 Å². The van der Waals surface area contributed by atoms with Crippen LogP contribution in [0.3, 0.4) is 0 Å². The molecule has 0 radical (unpaired) electrons. The summed E-state index contributed by atoms with van der Waals surface area (Å²) in [5.41, 5.74) is 0.686. The van der Waals surface area contributed by atoms with Crippen molar-refractivity contribution < 1.29 is 9.59 Å². The molecule has 1 aliphatic carbocycles. The summed E-state index contributed by atoms with van der Waals surface area (Å²) in [6.07, 6.45) is 6.13. The number of nitrogens with zero attached hydrogens (tertiary/aromatic N) is 2. The van der Waals surface area contributed by atoms with E-state index in [2.05, 4.69) is 33.0 Å². The maximum atomic E-state index is 12.8. The van der Waals surface area contributed by atoms with Gasteiger partial charge in [0.25, 0.3) is 5.91 Å². The first-order valence-corrected chi connectivity index (χ1v) is 8.79. The Morgan fingerprint density at radius 2 is 1.87 bits per heavy atom. The van der Waals surface area contributed by atoms with Gasteiger partial charge in [0.2, 0.25) is 0 Å². The maximum absolute atomic E-state index is 12.8. The van der Waals surface area contributed by atoms with Gasteiger partial charge >= 0.3 is 0 Å². The molecular weight excluding hydrogens is 356 g/mol. The van der Waals surface area contributed by atoms with Gasteiger partial charge in [0.05, 0.1) is 0 Å². The quantitative estimate of drug-likeness (QED) is 0.761. The zero-order chi connectivity index (χ0) is 16.4. The number of rotatable bonds is 3. The molecule has 0 saturated heterocycles. The molecule has 0 aromatic heterocycles. The van der Waals surface area contributed by atoms with E-state index in [-0.39, 0.29) is 18.0 Å². The summed E-state index contributed by atoms with van der Waals surface area (Å²) >= 11 is 3.39. The molecule has 1 saturated carbocycles. The van der Waals surface area contributed by atoms with Crippen LogP contribution in [0.15, 0.2) is 40.9 Å². The van der Waals surface area contributed by atoms with E-state index in [0.717, 1.165) is 24.0 Å². The van der Waals surface area contributed by atoms with Gasteiger partial charge in [-0.3, -0.25) is 14.5 Å². The maximum Gasteiger partial charge on any atom is 0.253 e. The Hall–Kier alpha value is -1.46. The van der Waals surface area contributed by atoms with Gasteiger partial charge in [0.15, 0.2) is 0 Å². The number of hydrogen-bond donors (Lipinski definition) is 0. The van der Waals surface area contributed by atoms with Crippen molar-refractivity contribution in [1.82, 2.24) is 9.80 Å². The minimum atomic E-state index is 0.0222. The highest BCUT2D eigenvalue weighted by molar-refractivity contribution is 9.10. The fourth-order valence-electron chi connectivity index (χ4n) is 3.51. The summed E-state index contributed by atoms with van der Waals surface area (Å²) in [5.74, 6) is 0.330. The van der Waals surface area contributed by atoms with Crippen LogP contribution in [0, 0.1) is 0 Å². The lowest BCUT2D eigenvalue weighted by atomic mass is 9.87. The number of halogens is 1. The van der Waals surface area contributed by atoms with Gasteiger partial charge in [-0.1, -0.05) is 28.1 Å². The molecule has 1 aliphatic heterocycles. The molecule has 0 bridgehead atoms. The number of hydrogen-bond acceptors (Lipinski definition) is 3. The van der Waals surface area contributed by atoms with Crippen LogP contribution < -0.4 is 0 Å². The number of ketones is 1. The third kappa shape index (κ3) is 3.56. The van der Waals surface area contributed by atoms with Crippen molar-refractivity contribution in [3.8, 4) is 0 Å². The molecule has 3 rings (SSSR count). The fraction of sp³-hybridized carbons (Fsp3) is 0.444. The summed E-state index contributed by atoms with van der Waals surface area (Å²) in [5, 5.41) is 0. The van der Waals surface area contributed by atoms with Crippen LogP contribution in [-0.2, 0) is 4.79 Å². The molecule has 2 unspecified atom stereocenters. The summed E-state index contributed by atoms with van der Waals surface area (Å²) in [6.45, 7) is 1.74. The largest absolute Gasteiger partial charge is 0.337 e. The van der Waals surface area contributed by atoms with Gasteiger partial charge in [-0.25, -0.2) is 0 Å². The number of Topliss-reactive ketones (excluding diaryl/α,β-unsaturated/α-hetero) is 1. The van der Waals surface area contributed by atoms with Crippen LogP contribution in [0.5, 0.6) is 0 Å². The molecule has 23 heavy (non-hydrogen) atoms. The molecule has 1 amide bonds. The predicted octanol–water partition coefficient (Wildman–Crippen LogP) is 2.88. The highest BCUT2D eigenvalue weighted by Gasteiger charge is 2.37. The van der Waals surface area contributed by atoms with Crippen LogP contribution in [-0.4, -0.2) is 53.7 Å². The molecule has 1 aromatic rings. The average molecular weight is 377 g/mol. The highest BCUT2D eigenvalue weighted by atomic mass is 79.9. The van der Waals surface area contributed by atoms with E-state index in [9.17, 15) is 9.59 Å². The van der Waals surface area contributed by atoms with Crippen molar-refractivity contribution in [2.45, 2.75) is 31.3 Å². The summed E-state index contributed by atoms with van der Waals surface area (Å²) in [7, 11) is 1.86. The molecule has 5 heteroatoms. The van der Waals surface area contributed by atoms with Gasteiger partial charge in [-0.2, -0.15) is 0 Å². The van der Waals surface area contributed by atoms with E-state index >= 15 is 0 Å². The van der Waals surface area contributed by atoms with E-state index in [1.165, 1.54) is 0 Å². The first-order chi connectivity index (χ1) is 11.1. The summed E-state index contributed by atoms with van der Waals surface area (Å²) < 4.78 is 0.959. The zero-order valence-corrected chi connectivity index (χ0v) is 14.8.